The molecule has 53 heavy (non-hydrogen) atoms. The molecule has 0 aromatic heterocycles. The van der Waals surface area contributed by atoms with Crippen molar-refractivity contribution in [1.29, 1.82) is 0 Å². The Kier molecular flexibility index (Phi) is 15.8. The van der Waals surface area contributed by atoms with Crippen LogP contribution in [-0.4, -0.2) is 81.7 Å². The molecule has 14 heteroatoms. The SMILES string of the molecule is CC(C)C[C@H](NC(=O)[C@@H](NC(=O)[C@@H](N)CNC(=O)c1cc(O)ccc1O)C(C)C)C(=O)N[C@@H](Cc1ccccc1)[C@@H](O)C(=O)N[C@H](C)c1ccccc1. The number of phenols is 2. The number of rotatable bonds is 18. The summed E-state index contributed by atoms with van der Waals surface area (Å²) in [5.74, 6) is -4.63. The molecule has 0 aliphatic rings. The maximum Gasteiger partial charge on any atom is 0.255 e. The van der Waals surface area contributed by atoms with E-state index < -0.39 is 71.8 Å². The molecule has 14 nitrogen and oxygen atoms in total. The lowest BCUT2D eigenvalue weighted by atomic mass is 9.97. The lowest BCUT2D eigenvalue weighted by molar-refractivity contribution is -0.135. The van der Waals surface area contributed by atoms with Crippen molar-refractivity contribution in [2.24, 2.45) is 17.6 Å². The zero-order valence-electron chi connectivity index (χ0n) is 30.7. The molecule has 3 aromatic carbocycles. The first-order chi connectivity index (χ1) is 25.1. The molecule has 3 aromatic rings. The third-order valence-corrected chi connectivity index (χ3v) is 8.57. The summed E-state index contributed by atoms with van der Waals surface area (Å²) in [4.78, 5) is 66.4. The molecule has 0 spiro atoms. The van der Waals surface area contributed by atoms with E-state index >= 15 is 0 Å². The Hall–Kier alpha value is -5.47. The van der Waals surface area contributed by atoms with Gasteiger partial charge in [0.15, 0.2) is 6.10 Å². The molecule has 0 saturated heterocycles. The number of phenolic OH excluding ortho intramolecular Hbond substituents is 2. The fourth-order valence-electron chi connectivity index (χ4n) is 5.56. The summed E-state index contributed by atoms with van der Waals surface area (Å²) in [7, 11) is 0. The van der Waals surface area contributed by atoms with Crippen LogP contribution in [0.3, 0.4) is 0 Å². The molecule has 3 rings (SSSR count). The van der Waals surface area contributed by atoms with E-state index in [0.29, 0.717) is 0 Å². The smallest absolute Gasteiger partial charge is 0.255 e. The van der Waals surface area contributed by atoms with Gasteiger partial charge in [-0.2, -0.15) is 0 Å². The zero-order chi connectivity index (χ0) is 39.2. The van der Waals surface area contributed by atoms with Crippen molar-refractivity contribution in [2.45, 2.75) is 83.8 Å². The Bertz CT molecular complexity index is 1690. The van der Waals surface area contributed by atoms with Crippen molar-refractivity contribution < 1.29 is 39.3 Å². The standard InChI is InChI=1S/C39H52N6O8/c1-22(2)18-31(44-38(52)33(23(3)4)45-36(50)29(40)21-41-35(49)28-20-27(46)16-17-32(28)47)37(51)43-30(19-25-12-8-6-9-13-25)34(48)39(53)42-24(5)26-14-10-7-11-15-26/h6-17,20,22-24,29-31,33-34,46-48H,18-19,21,40H2,1-5H3,(H,41,49)(H,42,53)(H,43,51)(H,44,52)(H,45,50)/t24-,29+,30+,31+,33+,34-/m1/s1. The van der Waals surface area contributed by atoms with Crippen molar-refractivity contribution in [2.75, 3.05) is 6.54 Å². The highest BCUT2D eigenvalue weighted by molar-refractivity contribution is 5.98. The largest absolute Gasteiger partial charge is 0.508 e. The van der Waals surface area contributed by atoms with E-state index in [1.807, 2.05) is 62.4 Å². The van der Waals surface area contributed by atoms with Crippen LogP contribution in [0.1, 0.15) is 68.6 Å². The Morgan fingerprint density at radius 2 is 1.34 bits per heavy atom. The van der Waals surface area contributed by atoms with Crippen molar-refractivity contribution >= 4 is 29.5 Å². The molecule has 0 aliphatic carbocycles. The zero-order valence-corrected chi connectivity index (χ0v) is 30.7. The molecule has 0 unspecified atom stereocenters. The topological polar surface area (TPSA) is 232 Å². The van der Waals surface area contributed by atoms with Crippen LogP contribution in [0, 0.1) is 11.8 Å². The lowest BCUT2D eigenvalue weighted by Crippen LogP contribution is -2.60. The van der Waals surface area contributed by atoms with Gasteiger partial charge in [-0.3, -0.25) is 24.0 Å². The van der Waals surface area contributed by atoms with Gasteiger partial charge in [-0.15, -0.1) is 0 Å². The summed E-state index contributed by atoms with van der Waals surface area (Å²) in [6, 6.07) is 16.7. The first-order valence-corrected chi connectivity index (χ1v) is 17.6. The van der Waals surface area contributed by atoms with E-state index in [-0.39, 0.29) is 42.4 Å². The number of carbonyl (C=O) groups is 5. The van der Waals surface area contributed by atoms with Gasteiger partial charge in [0.25, 0.3) is 11.8 Å². The van der Waals surface area contributed by atoms with Crippen LogP contribution in [-0.2, 0) is 25.6 Å². The van der Waals surface area contributed by atoms with Gasteiger partial charge in [0.2, 0.25) is 17.7 Å². The minimum atomic E-state index is -1.64. The molecule has 0 heterocycles. The van der Waals surface area contributed by atoms with Crippen molar-refractivity contribution in [3.05, 3.63) is 95.6 Å². The number of amides is 5. The summed E-state index contributed by atoms with van der Waals surface area (Å²) in [6.07, 6.45) is -1.32. The van der Waals surface area contributed by atoms with Crippen LogP contribution in [0.15, 0.2) is 78.9 Å². The number of nitrogens with two attached hydrogens (primary N) is 1. The van der Waals surface area contributed by atoms with Gasteiger partial charge in [-0.05, 0) is 60.9 Å². The number of aromatic hydroxyl groups is 2. The van der Waals surface area contributed by atoms with Gasteiger partial charge in [-0.25, -0.2) is 0 Å². The molecular weight excluding hydrogens is 680 g/mol. The lowest BCUT2D eigenvalue weighted by Gasteiger charge is -2.30. The third kappa shape index (κ3) is 12.9. The van der Waals surface area contributed by atoms with Gasteiger partial charge < -0.3 is 47.6 Å². The molecule has 0 saturated carbocycles. The van der Waals surface area contributed by atoms with Crippen molar-refractivity contribution in [1.82, 2.24) is 26.6 Å². The van der Waals surface area contributed by atoms with Crippen LogP contribution in [0.25, 0.3) is 0 Å². The molecule has 10 N–H and O–H groups in total. The number of carbonyl (C=O) groups excluding carboxylic acids is 5. The molecule has 0 bridgehead atoms. The van der Waals surface area contributed by atoms with Crippen LogP contribution in [0.2, 0.25) is 0 Å². The second-order valence-electron chi connectivity index (χ2n) is 13.8. The fourth-order valence-corrected chi connectivity index (χ4v) is 5.56. The predicted molar refractivity (Wildman–Crippen MR) is 199 cm³/mol. The third-order valence-electron chi connectivity index (χ3n) is 8.57. The first kappa shape index (κ1) is 41.9. The second kappa shape index (κ2) is 20.0. The minimum absolute atomic E-state index is 0.0614. The van der Waals surface area contributed by atoms with Gasteiger partial charge in [0.1, 0.15) is 29.6 Å². The average molecular weight is 733 g/mol. The Balaban J connectivity index is 1.72. The van der Waals surface area contributed by atoms with Gasteiger partial charge in [-0.1, -0.05) is 88.4 Å². The Morgan fingerprint density at radius 1 is 0.717 bits per heavy atom. The van der Waals surface area contributed by atoms with E-state index in [2.05, 4.69) is 26.6 Å². The highest BCUT2D eigenvalue weighted by atomic mass is 16.3. The van der Waals surface area contributed by atoms with Crippen LogP contribution in [0.4, 0.5) is 0 Å². The van der Waals surface area contributed by atoms with Crippen LogP contribution < -0.4 is 32.3 Å². The molecule has 5 amide bonds. The minimum Gasteiger partial charge on any atom is -0.508 e. The number of aliphatic hydroxyl groups is 1. The molecule has 0 radical (unpaired) electrons. The predicted octanol–water partition coefficient (Wildman–Crippen LogP) is 1.79. The molecule has 0 fully saturated rings. The maximum absolute atomic E-state index is 13.9. The average Bonchev–Trinajstić information content (AvgIpc) is 3.12. The van der Waals surface area contributed by atoms with E-state index in [1.165, 1.54) is 6.07 Å². The number of benzene rings is 3. The monoisotopic (exact) mass is 732 g/mol. The van der Waals surface area contributed by atoms with Gasteiger partial charge in [0, 0.05) is 6.54 Å². The van der Waals surface area contributed by atoms with Crippen molar-refractivity contribution in [3.63, 3.8) is 0 Å². The van der Waals surface area contributed by atoms with Crippen molar-refractivity contribution in [3.8, 4) is 11.5 Å². The van der Waals surface area contributed by atoms with Gasteiger partial charge >= 0.3 is 0 Å². The highest BCUT2D eigenvalue weighted by Crippen LogP contribution is 2.22. The van der Waals surface area contributed by atoms with Crippen LogP contribution >= 0.6 is 0 Å². The molecular formula is C39H52N6O8. The summed E-state index contributed by atoms with van der Waals surface area (Å²) >= 11 is 0. The molecule has 286 valence electrons. The summed E-state index contributed by atoms with van der Waals surface area (Å²) in [6.45, 7) is 8.56. The number of hydrogen-bond acceptors (Lipinski definition) is 9. The van der Waals surface area contributed by atoms with E-state index in [0.717, 1.165) is 23.3 Å². The van der Waals surface area contributed by atoms with E-state index in [4.69, 9.17) is 5.73 Å². The van der Waals surface area contributed by atoms with Gasteiger partial charge in [0.05, 0.1) is 17.6 Å². The number of hydrogen-bond donors (Lipinski definition) is 9. The van der Waals surface area contributed by atoms with Crippen LogP contribution in [0.5, 0.6) is 11.5 Å². The van der Waals surface area contributed by atoms with E-state index in [1.54, 1.807) is 32.9 Å². The normalized spacial score (nSPS) is 14.6. The fraction of sp³-hybridized carbons (Fsp3) is 0.410. The Labute approximate surface area is 309 Å². The molecule has 0 aliphatic heterocycles. The maximum atomic E-state index is 13.9. The summed E-state index contributed by atoms with van der Waals surface area (Å²) in [5.41, 5.74) is 7.40. The number of nitrogens with one attached hydrogen (secondary N) is 5. The summed E-state index contributed by atoms with van der Waals surface area (Å²) < 4.78 is 0. The first-order valence-electron chi connectivity index (χ1n) is 17.6. The highest BCUT2D eigenvalue weighted by Gasteiger charge is 2.34. The number of aliphatic hydroxyl groups excluding tert-OH is 1. The Morgan fingerprint density at radius 3 is 1.94 bits per heavy atom. The van der Waals surface area contributed by atoms with E-state index in [9.17, 15) is 39.3 Å². The second-order valence-corrected chi connectivity index (χ2v) is 13.8. The molecule has 6 atom stereocenters. The summed E-state index contributed by atoms with van der Waals surface area (Å²) in [5, 5.41) is 44.2. The quantitative estimate of drug-likeness (QED) is 0.0867.